The molecule has 0 bridgehead atoms. The first-order chi connectivity index (χ1) is 8.62. The van der Waals surface area contributed by atoms with E-state index in [9.17, 15) is 0 Å². The highest BCUT2D eigenvalue weighted by Gasteiger charge is 2.26. The van der Waals surface area contributed by atoms with E-state index in [1.165, 1.54) is 42.3 Å². The summed E-state index contributed by atoms with van der Waals surface area (Å²) in [6.45, 7) is 4.77. The van der Waals surface area contributed by atoms with E-state index >= 15 is 0 Å². The van der Waals surface area contributed by atoms with Crippen molar-refractivity contribution in [3.8, 4) is 0 Å². The van der Waals surface area contributed by atoms with Crippen molar-refractivity contribution in [3.63, 3.8) is 0 Å². The fourth-order valence-corrected chi connectivity index (χ4v) is 2.92. The number of hydrogen-bond acceptors (Lipinski definition) is 1. The summed E-state index contributed by atoms with van der Waals surface area (Å²) in [5.41, 5.74) is 3.01. The molecule has 1 saturated carbocycles. The van der Waals surface area contributed by atoms with Gasteiger partial charge >= 0.3 is 0 Å². The fourth-order valence-electron chi connectivity index (χ4n) is 2.92. The van der Waals surface area contributed by atoms with Gasteiger partial charge in [-0.25, -0.2) is 0 Å². The molecule has 0 amide bonds. The van der Waals surface area contributed by atoms with E-state index in [0.717, 1.165) is 0 Å². The molecule has 0 spiro atoms. The van der Waals surface area contributed by atoms with Gasteiger partial charge in [-0.15, -0.1) is 0 Å². The minimum absolute atomic E-state index is 0.544. The van der Waals surface area contributed by atoms with E-state index in [-0.39, 0.29) is 0 Å². The van der Waals surface area contributed by atoms with Gasteiger partial charge in [0.1, 0.15) is 0 Å². The second-order valence-electron chi connectivity index (χ2n) is 6.36. The van der Waals surface area contributed by atoms with Gasteiger partial charge < -0.3 is 10.3 Å². The van der Waals surface area contributed by atoms with Gasteiger partial charge in [-0.05, 0) is 55.4 Å². The minimum atomic E-state index is 0.544. The van der Waals surface area contributed by atoms with Crippen LogP contribution in [0.5, 0.6) is 0 Å². The van der Waals surface area contributed by atoms with Crippen molar-refractivity contribution in [2.75, 3.05) is 5.32 Å². The third-order valence-electron chi connectivity index (χ3n) is 4.26. The lowest BCUT2D eigenvalue weighted by Gasteiger charge is -2.35. The smallest absolute Gasteiger partial charge is 0.0455 e. The van der Waals surface area contributed by atoms with E-state index in [4.69, 9.17) is 0 Å². The molecule has 18 heavy (non-hydrogen) atoms. The molecule has 0 saturated heterocycles. The van der Waals surface area contributed by atoms with Gasteiger partial charge in [0.05, 0.1) is 0 Å². The molecule has 0 radical (unpaired) electrons. The first-order valence-corrected chi connectivity index (χ1v) is 6.96. The Labute approximate surface area is 109 Å². The van der Waals surface area contributed by atoms with E-state index < -0.39 is 0 Å². The summed E-state index contributed by atoms with van der Waals surface area (Å²) in [4.78, 5) is 3.23. The summed E-state index contributed by atoms with van der Waals surface area (Å²) < 4.78 is 0. The highest BCUT2D eigenvalue weighted by Crippen LogP contribution is 2.36. The van der Waals surface area contributed by atoms with Gasteiger partial charge in [0.25, 0.3) is 0 Å². The molecule has 0 unspecified atom stereocenters. The minimum Gasteiger partial charge on any atom is -0.382 e. The van der Waals surface area contributed by atoms with Crippen LogP contribution in [0.25, 0.3) is 10.9 Å². The number of fused-ring (bicyclic) bond motifs is 1. The lowest BCUT2D eigenvalue weighted by Crippen LogP contribution is -2.29. The van der Waals surface area contributed by atoms with Crippen LogP contribution in [-0.2, 0) is 0 Å². The zero-order valence-electron chi connectivity index (χ0n) is 11.3. The molecule has 0 aliphatic heterocycles. The number of nitrogens with one attached hydrogen (secondary N) is 2. The Morgan fingerprint density at radius 2 is 1.94 bits per heavy atom. The zero-order chi connectivity index (χ0) is 12.6. The predicted molar refractivity (Wildman–Crippen MR) is 78.0 cm³/mol. The normalized spacial score (nSPS) is 20.1. The number of hydrogen-bond donors (Lipinski definition) is 2. The molecule has 1 aliphatic carbocycles. The highest BCUT2D eigenvalue weighted by atomic mass is 14.9. The Morgan fingerprint density at radius 1 is 1.17 bits per heavy atom. The number of H-pyrrole nitrogens is 1. The summed E-state index contributed by atoms with van der Waals surface area (Å²) in [6, 6.07) is 9.36. The summed E-state index contributed by atoms with van der Waals surface area (Å²) in [5.74, 6) is 0. The molecule has 0 atom stereocenters. The molecule has 96 valence electrons. The Bertz CT molecular complexity index is 529. The number of anilines is 1. The zero-order valence-corrected chi connectivity index (χ0v) is 11.3. The fraction of sp³-hybridized carbons (Fsp3) is 0.500. The van der Waals surface area contributed by atoms with E-state index in [0.29, 0.717) is 11.5 Å². The third kappa shape index (κ3) is 2.38. The van der Waals surface area contributed by atoms with Crippen molar-refractivity contribution in [2.45, 2.75) is 45.6 Å². The second kappa shape index (κ2) is 4.34. The van der Waals surface area contributed by atoms with Crippen LogP contribution >= 0.6 is 0 Å². The molecule has 2 nitrogen and oxygen atoms in total. The molecular formula is C16H22N2. The molecule has 2 aromatic rings. The van der Waals surface area contributed by atoms with Gasteiger partial charge in [-0.3, -0.25) is 0 Å². The maximum atomic E-state index is 3.69. The van der Waals surface area contributed by atoms with Gasteiger partial charge in [0.2, 0.25) is 0 Å². The molecule has 2 N–H and O–H groups in total. The van der Waals surface area contributed by atoms with Crippen LogP contribution in [0.1, 0.15) is 39.5 Å². The maximum absolute atomic E-state index is 3.69. The van der Waals surface area contributed by atoms with Gasteiger partial charge in [0.15, 0.2) is 0 Å². The van der Waals surface area contributed by atoms with Crippen LogP contribution in [0.3, 0.4) is 0 Å². The van der Waals surface area contributed by atoms with Gasteiger partial charge in [0, 0.05) is 28.8 Å². The Hall–Kier alpha value is -1.44. The molecule has 1 aromatic heterocycles. The van der Waals surface area contributed by atoms with Crippen molar-refractivity contribution in [3.05, 3.63) is 30.5 Å². The van der Waals surface area contributed by atoms with Crippen molar-refractivity contribution in [1.29, 1.82) is 0 Å². The van der Waals surface area contributed by atoms with Crippen LogP contribution < -0.4 is 5.32 Å². The van der Waals surface area contributed by atoms with Gasteiger partial charge in [-0.2, -0.15) is 0 Å². The predicted octanol–water partition coefficient (Wildman–Crippen LogP) is 4.55. The SMILES string of the molecule is CC1(C)CCC(Nc2ccc3[nH]ccc3c2)CC1. The van der Waals surface area contributed by atoms with Crippen LogP contribution in [0.4, 0.5) is 5.69 Å². The standard InChI is InChI=1S/C16H22N2/c1-16(2)8-5-13(6-9-16)18-14-3-4-15-12(11-14)7-10-17-15/h3-4,7,10-11,13,17-18H,5-6,8-9H2,1-2H3. The number of rotatable bonds is 2. The van der Waals surface area contributed by atoms with Crippen LogP contribution in [0.2, 0.25) is 0 Å². The molecule has 1 aliphatic rings. The Kier molecular flexibility index (Phi) is 2.81. The summed E-state index contributed by atoms with van der Waals surface area (Å²) in [5, 5.41) is 4.97. The topological polar surface area (TPSA) is 27.8 Å². The van der Waals surface area contributed by atoms with Crippen LogP contribution in [0, 0.1) is 5.41 Å². The first-order valence-electron chi connectivity index (χ1n) is 6.96. The highest BCUT2D eigenvalue weighted by molar-refractivity contribution is 5.83. The van der Waals surface area contributed by atoms with Crippen molar-refractivity contribution in [1.82, 2.24) is 4.98 Å². The lowest BCUT2D eigenvalue weighted by atomic mass is 9.75. The number of aromatic amines is 1. The summed E-state index contributed by atoms with van der Waals surface area (Å²) >= 11 is 0. The largest absolute Gasteiger partial charge is 0.382 e. The number of benzene rings is 1. The monoisotopic (exact) mass is 242 g/mol. The van der Waals surface area contributed by atoms with Crippen LogP contribution in [-0.4, -0.2) is 11.0 Å². The molecule has 3 rings (SSSR count). The van der Waals surface area contributed by atoms with Crippen molar-refractivity contribution in [2.24, 2.45) is 5.41 Å². The maximum Gasteiger partial charge on any atom is 0.0455 e. The lowest BCUT2D eigenvalue weighted by molar-refractivity contribution is 0.232. The van der Waals surface area contributed by atoms with E-state index in [1.54, 1.807) is 0 Å². The molecular weight excluding hydrogens is 220 g/mol. The van der Waals surface area contributed by atoms with Crippen molar-refractivity contribution < 1.29 is 0 Å². The first kappa shape index (κ1) is 11.6. The molecule has 1 fully saturated rings. The Balaban J connectivity index is 1.69. The van der Waals surface area contributed by atoms with Crippen molar-refractivity contribution >= 4 is 16.6 Å². The average molecular weight is 242 g/mol. The summed E-state index contributed by atoms with van der Waals surface area (Å²) in [7, 11) is 0. The molecule has 1 heterocycles. The van der Waals surface area contributed by atoms with Gasteiger partial charge in [-0.1, -0.05) is 13.8 Å². The third-order valence-corrected chi connectivity index (χ3v) is 4.26. The van der Waals surface area contributed by atoms with Crippen LogP contribution in [0.15, 0.2) is 30.5 Å². The molecule has 2 heteroatoms. The second-order valence-corrected chi connectivity index (χ2v) is 6.36. The van der Waals surface area contributed by atoms with E-state index in [2.05, 4.69) is 48.4 Å². The summed E-state index contributed by atoms with van der Waals surface area (Å²) in [6.07, 6.45) is 7.24. The quantitative estimate of drug-likeness (QED) is 0.794. The Morgan fingerprint density at radius 3 is 2.72 bits per heavy atom. The molecule has 1 aromatic carbocycles. The number of aromatic nitrogens is 1. The van der Waals surface area contributed by atoms with E-state index in [1.807, 2.05) is 6.20 Å². The average Bonchev–Trinajstić information content (AvgIpc) is 2.79.